The summed E-state index contributed by atoms with van der Waals surface area (Å²) in [6.07, 6.45) is 0. The van der Waals surface area contributed by atoms with Gasteiger partial charge in [0.2, 0.25) is 0 Å². The van der Waals surface area contributed by atoms with Gasteiger partial charge in [-0.1, -0.05) is 60.7 Å². The lowest BCUT2D eigenvalue weighted by atomic mass is 10.00. The third-order valence-corrected chi connectivity index (χ3v) is 6.18. The molecule has 0 amide bonds. The van der Waals surface area contributed by atoms with E-state index in [0.717, 1.165) is 0 Å². The van der Waals surface area contributed by atoms with Gasteiger partial charge in [0.1, 0.15) is 0 Å². The molecule has 2 aromatic heterocycles. The number of hydrogen-bond acceptors (Lipinski definition) is 1. The van der Waals surface area contributed by atoms with Gasteiger partial charge in [-0.2, -0.15) is 0 Å². The Hall–Kier alpha value is -2.84. The van der Waals surface area contributed by atoms with Crippen molar-refractivity contribution in [3.8, 4) is 0 Å². The van der Waals surface area contributed by atoms with Gasteiger partial charge < -0.3 is 4.98 Å². The molecular weight excluding hydrogens is 310 g/mol. The Labute approximate surface area is 142 Å². The van der Waals surface area contributed by atoms with Gasteiger partial charge in [0.15, 0.2) is 0 Å². The number of fused-ring (bicyclic) bond motifs is 10. The van der Waals surface area contributed by atoms with E-state index in [4.69, 9.17) is 0 Å². The van der Waals surface area contributed by atoms with Crippen LogP contribution in [0.5, 0.6) is 0 Å². The molecule has 0 spiro atoms. The summed E-state index contributed by atoms with van der Waals surface area (Å²) in [5.74, 6) is 0. The van der Waals surface area contributed by atoms with E-state index in [0.29, 0.717) is 0 Å². The van der Waals surface area contributed by atoms with E-state index in [1.165, 1.54) is 52.8 Å². The van der Waals surface area contributed by atoms with Gasteiger partial charge in [0, 0.05) is 41.8 Å². The third kappa shape index (κ3) is 1.44. The predicted octanol–water partition coefficient (Wildman–Crippen LogP) is 6.84. The van der Waals surface area contributed by atoms with Crippen molar-refractivity contribution in [2.45, 2.75) is 0 Å². The molecular formula is C22H13NS. The van der Waals surface area contributed by atoms with E-state index in [9.17, 15) is 0 Å². The molecule has 6 aromatic rings. The van der Waals surface area contributed by atoms with E-state index in [2.05, 4.69) is 77.8 Å². The van der Waals surface area contributed by atoms with E-state index < -0.39 is 0 Å². The lowest BCUT2D eigenvalue weighted by molar-refractivity contribution is 1.57. The van der Waals surface area contributed by atoms with Gasteiger partial charge in [0.05, 0.1) is 5.52 Å². The number of nitrogens with one attached hydrogen (secondary N) is 1. The van der Waals surface area contributed by atoms with Crippen LogP contribution in [0.4, 0.5) is 0 Å². The van der Waals surface area contributed by atoms with Gasteiger partial charge in [0.25, 0.3) is 0 Å². The number of thiophene rings is 1. The fourth-order valence-electron chi connectivity index (χ4n) is 3.99. The van der Waals surface area contributed by atoms with Crippen molar-refractivity contribution in [1.29, 1.82) is 0 Å². The molecule has 1 nitrogen and oxygen atoms in total. The average Bonchev–Trinajstić information content (AvgIpc) is 3.20. The third-order valence-electron chi connectivity index (χ3n) is 4.99. The van der Waals surface area contributed by atoms with Crippen LogP contribution < -0.4 is 0 Å². The Morgan fingerprint density at radius 2 is 1.25 bits per heavy atom. The van der Waals surface area contributed by atoms with Crippen LogP contribution in [0.1, 0.15) is 0 Å². The Bertz CT molecular complexity index is 1400. The first-order valence-electron chi connectivity index (χ1n) is 8.14. The molecule has 0 bridgehead atoms. The van der Waals surface area contributed by atoms with Crippen molar-refractivity contribution in [1.82, 2.24) is 4.98 Å². The Morgan fingerprint density at radius 1 is 0.583 bits per heavy atom. The van der Waals surface area contributed by atoms with E-state index in [-0.39, 0.29) is 0 Å². The predicted molar refractivity (Wildman–Crippen MR) is 106 cm³/mol. The highest BCUT2D eigenvalue weighted by molar-refractivity contribution is 7.27. The maximum Gasteiger partial charge on any atom is 0.0559 e. The van der Waals surface area contributed by atoms with Crippen LogP contribution in [-0.2, 0) is 0 Å². The number of rotatable bonds is 0. The average molecular weight is 323 g/mol. The van der Waals surface area contributed by atoms with Gasteiger partial charge in [-0.05, 0) is 17.5 Å². The number of hydrogen-bond donors (Lipinski definition) is 1. The second-order valence-electron chi connectivity index (χ2n) is 6.27. The SMILES string of the molecule is c1ccc2c(c1)[nH]c1c3ccccc3c3c4ccccc4sc3c21. The number of benzene rings is 4. The molecule has 0 saturated heterocycles. The first kappa shape index (κ1) is 12.6. The zero-order valence-corrected chi connectivity index (χ0v) is 13.7. The van der Waals surface area contributed by atoms with Crippen LogP contribution in [-0.4, -0.2) is 4.98 Å². The normalized spacial score (nSPS) is 12.2. The molecule has 4 aromatic carbocycles. The molecule has 112 valence electrons. The second-order valence-corrected chi connectivity index (χ2v) is 7.32. The molecule has 6 rings (SSSR count). The minimum absolute atomic E-state index is 1.21. The van der Waals surface area contributed by atoms with Crippen LogP contribution in [0, 0.1) is 0 Å². The lowest BCUT2D eigenvalue weighted by Crippen LogP contribution is -1.78. The van der Waals surface area contributed by atoms with Crippen LogP contribution in [0.2, 0.25) is 0 Å². The molecule has 2 heterocycles. The van der Waals surface area contributed by atoms with Crippen molar-refractivity contribution < 1.29 is 0 Å². The highest BCUT2D eigenvalue weighted by Gasteiger charge is 2.16. The molecule has 24 heavy (non-hydrogen) atoms. The Kier molecular flexibility index (Phi) is 2.29. The summed E-state index contributed by atoms with van der Waals surface area (Å²) in [7, 11) is 0. The molecule has 2 heteroatoms. The highest BCUT2D eigenvalue weighted by atomic mass is 32.1. The van der Waals surface area contributed by atoms with Crippen LogP contribution in [0.3, 0.4) is 0 Å². The molecule has 0 aliphatic rings. The van der Waals surface area contributed by atoms with Crippen LogP contribution in [0.25, 0.3) is 52.8 Å². The first-order valence-corrected chi connectivity index (χ1v) is 8.96. The van der Waals surface area contributed by atoms with Crippen molar-refractivity contribution in [2.75, 3.05) is 0 Å². The largest absolute Gasteiger partial charge is 0.354 e. The zero-order chi connectivity index (χ0) is 15.7. The van der Waals surface area contributed by atoms with Crippen molar-refractivity contribution in [2.24, 2.45) is 0 Å². The minimum atomic E-state index is 1.21. The number of H-pyrrole nitrogens is 1. The maximum atomic E-state index is 3.66. The quantitative estimate of drug-likeness (QED) is 0.315. The standard InChI is InChI=1S/C22H13NS/c1-2-8-14-13(7-1)19-16-10-4-6-12-18(16)24-22(19)20-15-9-3-5-11-17(15)23-21(14)20/h1-12,23H. The zero-order valence-electron chi connectivity index (χ0n) is 12.8. The maximum absolute atomic E-state index is 3.66. The molecule has 1 N–H and O–H groups in total. The summed E-state index contributed by atoms with van der Waals surface area (Å²) in [6, 6.07) is 26.1. The topological polar surface area (TPSA) is 15.8 Å². The molecule has 0 aliphatic carbocycles. The Balaban J connectivity index is 2.08. The van der Waals surface area contributed by atoms with E-state index in [1.807, 2.05) is 11.3 Å². The number of aromatic amines is 1. The second kappa shape index (κ2) is 4.37. The van der Waals surface area contributed by atoms with Crippen molar-refractivity contribution >= 4 is 64.1 Å². The summed E-state index contributed by atoms with van der Waals surface area (Å²) in [6.45, 7) is 0. The fourth-order valence-corrected chi connectivity index (χ4v) is 5.27. The smallest absolute Gasteiger partial charge is 0.0559 e. The van der Waals surface area contributed by atoms with Gasteiger partial charge in [-0.25, -0.2) is 0 Å². The van der Waals surface area contributed by atoms with Gasteiger partial charge >= 0.3 is 0 Å². The molecule has 0 atom stereocenters. The summed E-state index contributed by atoms with van der Waals surface area (Å²) in [4.78, 5) is 3.66. The highest BCUT2D eigenvalue weighted by Crippen LogP contribution is 2.45. The fraction of sp³-hybridized carbons (Fsp3) is 0. The number of aromatic nitrogens is 1. The summed E-state index contributed by atoms with van der Waals surface area (Å²) in [5, 5.41) is 8.07. The monoisotopic (exact) mass is 323 g/mol. The molecule has 0 aliphatic heterocycles. The van der Waals surface area contributed by atoms with Crippen LogP contribution >= 0.6 is 11.3 Å². The number of para-hydroxylation sites is 1. The van der Waals surface area contributed by atoms with Crippen molar-refractivity contribution in [3.63, 3.8) is 0 Å². The molecule has 0 radical (unpaired) electrons. The van der Waals surface area contributed by atoms with Crippen LogP contribution in [0.15, 0.2) is 72.8 Å². The summed E-state index contributed by atoms with van der Waals surface area (Å²) >= 11 is 1.91. The lowest BCUT2D eigenvalue weighted by Gasteiger charge is -2.04. The van der Waals surface area contributed by atoms with E-state index >= 15 is 0 Å². The Morgan fingerprint density at radius 3 is 2.12 bits per heavy atom. The van der Waals surface area contributed by atoms with Gasteiger partial charge in [-0.3, -0.25) is 0 Å². The van der Waals surface area contributed by atoms with E-state index in [1.54, 1.807) is 0 Å². The molecule has 0 fully saturated rings. The summed E-state index contributed by atoms with van der Waals surface area (Å²) in [5.41, 5.74) is 2.47. The molecule has 0 unspecified atom stereocenters. The molecule has 0 saturated carbocycles. The van der Waals surface area contributed by atoms with Crippen molar-refractivity contribution in [3.05, 3.63) is 72.8 Å². The first-order chi connectivity index (χ1) is 11.9. The minimum Gasteiger partial charge on any atom is -0.354 e. The summed E-state index contributed by atoms with van der Waals surface area (Å²) < 4.78 is 2.75. The van der Waals surface area contributed by atoms with Gasteiger partial charge in [-0.15, -0.1) is 11.3 Å².